The normalized spacial score (nSPS) is 10.8. The number of nitrogens with one attached hydrogen (secondary N) is 1. The molecule has 0 saturated carbocycles. The highest BCUT2D eigenvalue weighted by molar-refractivity contribution is 5.41. The van der Waals surface area contributed by atoms with Gasteiger partial charge in [-0.05, 0) is 38.1 Å². The number of aromatic nitrogens is 2. The first-order valence-corrected chi connectivity index (χ1v) is 6.04. The predicted molar refractivity (Wildman–Crippen MR) is 70.4 cm³/mol. The molecule has 2 aromatic rings. The fourth-order valence-electron chi connectivity index (χ4n) is 2.00. The molecule has 0 saturated heterocycles. The molecule has 1 aromatic carbocycles. The summed E-state index contributed by atoms with van der Waals surface area (Å²) in [7, 11) is 0. The Labute approximate surface area is 102 Å². The van der Waals surface area contributed by atoms with E-state index in [1.54, 1.807) is 0 Å². The Hall–Kier alpha value is -1.61. The molecule has 17 heavy (non-hydrogen) atoms. The summed E-state index contributed by atoms with van der Waals surface area (Å²) in [5.74, 6) is 0. The van der Waals surface area contributed by atoms with Gasteiger partial charge in [0.1, 0.15) is 0 Å². The molecule has 0 amide bonds. The summed E-state index contributed by atoms with van der Waals surface area (Å²) in [6.45, 7) is 8.09. The van der Waals surface area contributed by atoms with Gasteiger partial charge in [0.2, 0.25) is 0 Å². The summed E-state index contributed by atoms with van der Waals surface area (Å²) in [5, 5.41) is 7.90. The SMILES string of the molecule is CCNCc1ccccc1-n1nc(C)cc1C. The van der Waals surface area contributed by atoms with Gasteiger partial charge in [0.25, 0.3) is 0 Å². The van der Waals surface area contributed by atoms with Crippen LogP contribution in [0.5, 0.6) is 0 Å². The van der Waals surface area contributed by atoms with E-state index in [9.17, 15) is 0 Å². The maximum atomic E-state index is 4.54. The van der Waals surface area contributed by atoms with Crippen molar-refractivity contribution in [2.45, 2.75) is 27.3 Å². The van der Waals surface area contributed by atoms with Crippen LogP contribution in [0.15, 0.2) is 30.3 Å². The molecule has 0 radical (unpaired) electrons. The Morgan fingerprint density at radius 1 is 1.24 bits per heavy atom. The number of para-hydroxylation sites is 1. The van der Waals surface area contributed by atoms with E-state index < -0.39 is 0 Å². The van der Waals surface area contributed by atoms with Crippen molar-refractivity contribution in [3.63, 3.8) is 0 Å². The van der Waals surface area contributed by atoms with Crippen LogP contribution in [0.1, 0.15) is 23.9 Å². The van der Waals surface area contributed by atoms with Gasteiger partial charge in [0.15, 0.2) is 0 Å². The molecule has 90 valence electrons. The van der Waals surface area contributed by atoms with Gasteiger partial charge < -0.3 is 5.32 Å². The number of nitrogens with zero attached hydrogens (tertiary/aromatic N) is 2. The van der Waals surface area contributed by atoms with Crippen molar-refractivity contribution < 1.29 is 0 Å². The molecule has 1 heterocycles. The van der Waals surface area contributed by atoms with E-state index in [1.807, 2.05) is 11.6 Å². The maximum Gasteiger partial charge on any atom is 0.0693 e. The first kappa shape index (κ1) is 11.9. The number of benzene rings is 1. The second-order valence-corrected chi connectivity index (χ2v) is 4.25. The highest BCUT2D eigenvalue weighted by atomic mass is 15.3. The van der Waals surface area contributed by atoms with E-state index in [4.69, 9.17) is 0 Å². The Kier molecular flexibility index (Phi) is 3.59. The molecule has 2 rings (SSSR count). The summed E-state index contributed by atoms with van der Waals surface area (Å²) in [5.41, 5.74) is 4.67. The van der Waals surface area contributed by atoms with Crippen molar-refractivity contribution in [2.75, 3.05) is 6.54 Å². The summed E-state index contributed by atoms with van der Waals surface area (Å²) >= 11 is 0. The lowest BCUT2D eigenvalue weighted by Crippen LogP contribution is -2.14. The second-order valence-electron chi connectivity index (χ2n) is 4.25. The third-order valence-corrected chi connectivity index (χ3v) is 2.79. The highest BCUT2D eigenvalue weighted by Gasteiger charge is 2.07. The molecule has 0 fully saturated rings. The van der Waals surface area contributed by atoms with Crippen LogP contribution in [-0.4, -0.2) is 16.3 Å². The number of hydrogen-bond donors (Lipinski definition) is 1. The Morgan fingerprint density at radius 3 is 2.65 bits per heavy atom. The molecule has 1 N–H and O–H groups in total. The zero-order chi connectivity index (χ0) is 12.3. The average molecular weight is 229 g/mol. The third kappa shape index (κ3) is 2.56. The lowest BCUT2D eigenvalue weighted by molar-refractivity contribution is 0.713. The Morgan fingerprint density at radius 2 is 2.00 bits per heavy atom. The summed E-state index contributed by atoms with van der Waals surface area (Å²) in [6, 6.07) is 10.5. The van der Waals surface area contributed by atoms with Crippen LogP contribution < -0.4 is 5.32 Å². The molecular formula is C14H19N3. The monoisotopic (exact) mass is 229 g/mol. The first-order valence-electron chi connectivity index (χ1n) is 6.04. The van der Waals surface area contributed by atoms with E-state index in [2.05, 4.69) is 54.6 Å². The topological polar surface area (TPSA) is 29.9 Å². The van der Waals surface area contributed by atoms with Crippen molar-refractivity contribution in [1.29, 1.82) is 0 Å². The van der Waals surface area contributed by atoms with Gasteiger partial charge in [-0.15, -0.1) is 0 Å². The van der Waals surface area contributed by atoms with Crippen LogP contribution in [0.25, 0.3) is 5.69 Å². The quantitative estimate of drug-likeness (QED) is 0.873. The van der Waals surface area contributed by atoms with Gasteiger partial charge in [-0.25, -0.2) is 4.68 Å². The van der Waals surface area contributed by atoms with Crippen molar-refractivity contribution in [3.05, 3.63) is 47.3 Å². The van der Waals surface area contributed by atoms with Crippen LogP contribution in [0.4, 0.5) is 0 Å². The minimum atomic E-state index is 0.880. The number of rotatable bonds is 4. The van der Waals surface area contributed by atoms with E-state index in [0.717, 1.165) is 18.8 Å². The summed E-state index contributed by atoms with van der Waals surface area (Å²) in [4.78, 5) is 0. The maximum absolute atomic E-state index is 4.54. The van der Waals surface area contributed by atoms with Crippen LogP contribution >= 0.6 is 0 Å². The summed E-state index contributed by atoms with van der Waals surface area (Å²) < 4.78 is 2.02. The molecule has 0 spiro atoms. The van der Waals surface area contributed by atoms with Gasteiger partial charge in [-0.1, -0.05) is 25.1 Å². The predicted octanol–water partition coefficient (Wildman–Crippen LogP) is 2.60. The molecular weight excluding hydrogens is 210 g/mol. The van der Waals surface area contributed by atoms with E-state index in [1.165, 1.54) is 16.9 Å². The summed E-state index contributed by atoms with van der Waals surface area (Å²) in [6.07, 6.45) is 0. The van der Waals surface area contributed by atoms with Crippen LogP contribution in [-0.2, 0) is 6.54 Å². The lowest BCUT2D eigenvalue weighted by atomic mass is 10.1. The molecule has 3 heteroatoms. The van der Waals surface area contributed by atoms with Crippen LogP contribution in [0.2, 0.25) is 0 Å². The lowest BCUT2D eigenvalue weighted by Gasteiger charge is -2.11. The van der Waals surface area contributed by atoms with E-state index >= 15 is 0 Å². The van der Waals surface area contributed by atoms with E-state index in [-0.39, 0.29) is 0 Å². The van der Waals surface area contributed by atoms with E-state index in [0.29, 0.717) is 0 Å². The first-order chi connectivity index (χ1) is 8.22. The average Bonchev–Trinajstić information content (AvgIpc) is 2.66. The minimum Gasteiger partial charge on any atom is -0.313 e. The molecule has 0 aliphatic carbocycles. The van der Waals surface area contributed by atoms with Gasteiger partial charge in [0, 0.05) is 12.2 Å². The van der Waals surface area contributed by atoms with Crippen LogP contribution in [0, 0.1) is 13.8 Å². The fourth-order valence-corrected chi connectivity index (χ4v) is 2.00. The number of hydrogen-bond acceptors (Lipinski definition) is 2. The van der Waals surface area contributed by atoms with Gasteiger partial charge in [-0.3, -0.25) is 0 Å². The largest absolute Gasteiger partial charge is 0.313 e. The third-order valence-electron chi connectivity index (χ3n) is 2.79. The molecule has 0 aliphatic heterocycles. The second kappa shape index (κ2) is 5.15. The smallest absolute Gasteiger partial charge is 0.0693 e. The van der Waals surface area contributed by atoms with Crippen molar-refractivity contribution in [2.24, 2.45) is 0 Å². The van der Waals surface area contributed by atoms with Gasteiger partial charge >= 0.3 is 0 Å². The van der Waals surface area contributed by atoms with Gasteiger partial charge in [-0.2, -0.15) is 5.10 Å². The molecule has 1 aromatic heterocycles. The standard InChI is InChI=1S/C14H19N3/c1-4-15-10-13-7-5-6-8-14(13)17-12(3)9-11(2)16-17/h5-9,15H,4,10H2,1-3H3. The number of aryl methyl sites for hydroxylation is 2. The minimum absolute atomic E-state index is 0.880. The molecule has 0 bridgehead atoms. The fraction of sp³-hybridized carbons (Fsp3) is 0.357. The Bertz CT molecular complexity index is 500. The molecule has 3 nitrogen and oxygen atoms in total. The van der Waals surface area contributed by atoms with Crippen LogP contribution in [0.3, 0.4) is 0 Å². The molecule has 0 atom stereocenters. The van der Waals surface area contributed by atoms with Crippen molar-refractivity contribution in [3.8, 4) is 5.69 Å². The molecule has 0 unspecified atom stereocenters. The zero-order valence-corrected chi connectivity index (χ0v) is 10.7. The van der Waals surface area contributed by atoms with Crippen molar-refractivity contribution in [1.82, 2.24) is 15.1 Å². The van der Waals surface area contributed by atoms with Crippen molar-refractivity contribution >= 4 is 0 Å². The zero-order valence-electron chi connectivity index (χ0n) is 10.7. The molecule has 0 aliphatic rings. The Balaban J connectivity index is 2.40. The highest BCUT2D eigenvalue weighted by Crippen LogP contribution is 2.16. The van der Waals surface area contributed by atoms with Gasteiger partial charge in [0.05, 0.1) is 11.4 Å².